The van der Waals surface area contributed by atoms with Crippen LogP contribution in [0.1, 0.15) is 40.0 Å². The molecule has 0 spiro atoms. The third-order valence-electron chi connectivity index (χ3n) is 3.86. The van der Waals surface area contributed by atoms with E-state index in [0.29, 0.717) is 6.10 Å². The second-order valence-electron chi connectivity index (χ2n) is 5.02. The molecule has 2 heterocycles. The molecule has 1 fully saturated rings. The van der Waals surface area contributed by atoms with Crippen LogP contribution < -0.4 is 0 Å². The van der Waals surface area contributed by atoms with Gasteiger partial charge in [0.25, 0.3) is 0 Å². The van der Waals surface area contributed by atoms with Crippen molar-refractivity contribution >= 4 is 0 Å². The standard InChI is InChI=1S/C14H22O2/c1-5-7-13-14(4,16-13)12-9-8-10(3)11(6-2)15-12/h5,8,11-13H,1,6-7,9H2,2-4H3. The van der Waals surface area contributed by atoms with Crippen LogP contribution in [0.3, 0.4) is 0 Å². The highest BCUT2D eigenvalue weighted by Crippen LogP contribution is 2.46. The van der Waals surface area contributed by atoms with Gasteiger partial charge in [-0.2, -0.15) is 0 Å². The Morgan fingerprint density at radius 1 is 1.62 bits per heavy atom. The van der Waals surface area contributed by atoms with Crippen molar-refractivity contribution in [3.63, 3.8) is 0 Å². The van der Waals surface area contributed by atoms with E-state index in [9.17, 15) is 0 Å². The van der Waals surface area contributed by atoms with Crippen LogP contribution >= 0.6 is 0 Å². The minimum absolute atomic E-state index is 0.0845. The quantitative estimate of drug-likeness (QED) is 0.538. The third-order valence-corrected chi connectivity index (χ3v) is 3.86. The average Bonchev–Trinajstić information content (AvgIpc) is 2.92. The van der Waals surface area contributed by atoms with Gasteiger partial charge in [-0.15, -0.1) is 6.58 Å². The van der Waals surface area contributed by atoms with Crippen LogP contribution in [0.2, 0.25) is 0 Å². The second kappa shape index (κ2) is 4.34. The first-order valence-corrected chi connectivity index (χ1v) is 6.22. The highest BCUT2D eigenvalue weighted by atomic mass is 16.6. The van der Waals surface area contributed by atoms with Crippen molar-refractivity contribution in [1.82, 2.24) is 0 Å². The van der Waals surface area contributed by atoms with Crippen molar-refractivity contribution in [3.8, 4) is 0 Å². The van der Waals surface area contributed by atoms with Crippen molar-refractivity contribution in [2.45, 2.75) is 63.9 Å². The Kier molecular flexibility index (Phi) is 3.22. The van der Waals surface area contributed by atoms with Crippen molar-refractivity contribution in [1.29, 1.82) is 0 Å². The summed E-state index contributed by atoms with van der Waals surface area (Å²) >= 11 is 0. The van der Waals surface area contributed by atoms with Gasteiger partial charge in [0.15, 0.2) is 0 Å². The van der Waals surface area contributed by atoms with Gasteiger partial charge < -0.3 is 9.47 Å². The van der Waals surface area contributed by atoms with Gasteiger partial charge in [0.05, 0.1) is 18.3 Å². The molecular weight excluding hydrogens is 200 g/mol. The minimum atomic E-state index is -0.0845. The Labute approximate surface area is 98.3 Å². The van der Waals surface area contributed by atoms with E-state index in [0.717, 1.165) is 19.3 Å². The molecule has 2 rings (SSSR count). The van der Waals surface area contributed by atoms with Gasteiger partial charge in [-0.3, -0.25) is 0 Å². The number of epoxide rings is 1. The lowest BCUT2D eigenvalue weighted by Crippen LogP contribution is -2.38. The molecule has 0 saturated carbocycles. The highest BCUT2D eigenvalue weighted by Gasteiger charge is 2.57. The molecule has 2 heteroatoms. The molecule has 0 aromatic heterocycles. The summed E-state index contributed by atoms with van der Waals surface area (Å²) in [5.74, 6) is 0. The van der Waals surface area contributed by atoms with Gasteiger partial charge in [0.2, 0.25) is 0 Å². The summed E-state index contributed by atoms with van der Waals surface area (Å²) in [6, 6.07) is 0. The topological polar surface area (TPSA) is 21.8 Å². The lowest BCUT2D eigenvalue weighted by Gasteiger charge is -2.31. The monoisotopic (exact) mass is 222 g/mol. The molecule has 2 aliphatic rings. The largest absolute Gasteiger partial charge is 0.367 e. The van der Waals surface area contributed by atoms with E-state index >= 15 is 0 Å². The fraction of sp³-hybridized carbons (Fsp3) is 0.714. The lowest BCUT2D eigenvalue weighted by molar-refractivity contribution is -0.0418. The van der Waals surface area contributed by atoms with Gasteiger partial charge >= 0.3 is 0 Å². The Bertz CT molecular complexity index is 308. The molecule has 2 aliphatic heterocycles. The van der Waals surface area contributed by atoms with E-state index in [1.807, 2.05) is 6.08 Å². The molecule has 0 N–H and O–H groups in total. The SMILES string of the molecule is C=CCC1OC1(C)C1CC=C(C)C(CC)O1. The number of hydrogen-bond acceptors (Lipinski definition) is 2. The van der Waals surface area contributed by atoms with E-state index in [2.05, 4.69) is 33.4 Å². The molecule has 1 saturated heterocycles. The molecule has 16 heavy (non-hydrogen) atoms. The van der Waals surface area contributed by atoms with Gasteiger partial charge in [-0.25, -0.2) is 0 Å². The van der Waals surface area contributed by atoms with Gasteiger partial charge in [-0.05, 0) is 38.7 Å². The molecule has 0 aromatic rings. The summed E-state index contributed by atoms with van der Waals surface area (Å²) in [5, 5.41) is 0. The second-order valence-corrected chi connectivity index (χ2v) is 5.02. The number of rotatable bonds is 4. The van der Waals surface area contributed by atoms with Gasteiger partial charge in [0, 0.05) is 0 Å². The van der Waals surface area contributed by atoms with E-state index in [1.165, 1.54) is 5.57 Å². The Morgan fingerprint density at radius 3 is 3.00 bits per heavy atom. The maximum atomic E-state index is 6.12. The van der Waals surface area contributed by atoms with Crippen molar-refractivity contribution < 1.29 is 9.47 Å². The van der Waals surface area contributed by atoms with E-state index in [-0.39, 0.29) is 17.8 Å². The predicted octanol–water partition coefficient (Wildman–Crippen LogP) is 3.23. The lowest BCUT2D eigenvalue weighted by atomic mass is 9.92. The zero-order valence-electron chi connectivity index (χ0n) is 10.5. The van der Waals surface area contributed by atoms with Gasteiger partial charge in [-0.1, -0.05) is 19.1 Å². The Morgan fingerprint density at radius 2 is 2.38 bits per heavy atom. The third kappa shape index (κ3) is 1.96. The molecule has 0 radical (unpaired) electrons. The van der Waals surface area contributed by atoms with Crippen LogP contribution in [0.25, 0.3) is 0 Å². The summed E-state index contributed by atoms with van der Waals surface area (Å²) in [7, 11) is 0. The molecule has 90 valence electrons. The molecule has 0 aliphatic carbocycles. The molecule has 0 bridgehead atoms. The zero-order valence-corrected chi connectivity index (χ0v) is 10.5. The van der Waals surface area contributed by atoms with Crippen LogP contribution in [0.15, 0.2) is 24.3 Å². The summed E-state index contributed by atoms with van der Waals surface area (Å²) in [4.78, 5) is 0. The average molecular weight is 222 g/mol. The molecule has 2 nitrogen and oxygen atoms in total. The zero-order chi connectivity index (χ0) is 11.8. The molecule has 4 unspecified atom stereocenters. The molecule has 4 atom stereocenters. The van der Waals surface area contributed by atoms with Gasteiger partial charge in [0.1, 0.15) is 5.60 Å². The van der Waals surface area contributed by atoms with Crippen molar-refractivity contribution in [2.24, 2.45) is 0 Å². The van der Waals surface area contributed by atoms with E-state index < -0.39 is 0 Å². The fourth-order valence-corrected chi connectivity index (χ4v) is 2.56. The molecular formula is C14H22O2. The van der Waals surface area contributed by atoms with Crippen LogP contribution in [-0.4, -0.2) is 23.9 Å². The van der Waals surface area contributed by atoms with Crippen molar-refractivity contribution in [2.75, 3.05) is 0 Å². The number of ether oxygens (including phenoxy) is 2. The first kappa shape index (κ1) is 11.9. The van der Waals surface area contributed by atoms with Crippen LogP contribution in [0.4, 0.5) is 0 Å². The molecule has 0 aromatic carbocycles. The van der Waals surface area contributed by atoms with Crippen LogP contribution in [0, 0.1) is 0 Å². The van der Waals surface area contributed by atoms with Crippen molar-refractivity contribution in [3.05, 3.63) is 24.3 Å². The Balaban J connectivity index is 2.00. The van der Waals surface area contributed by atoms with E-state index in [1.54, 1.807) is 0 Å². The normalized spacial score (nSPS) is 42.7. The maximum Gasteiger partial charge on any atom is 0.119 e. The highest BCUT2D eigenvalue weighted by molar-refractivity contribution is 5.16. The predicted molar refractivity (Wildman–Crippen MR) is 65.4 cm³/mol. The fourth-order valence-electron chi connectivity index (χ4n) is 2.56. The Hall–Kier alpha value is -0.600. The first-order chi connectivity index (χ1) is 7.61. The minimum Gasteiger partial charge on any atom is -0.367 e. The summed E-state index contributed by atoms with van der Waals surface area (Å²) in [5.41, 5.74) is 1.28. The maximum absolute atomic E-state index is 6.12. The summed E-state index contributed by atoms with van der Waals surface area (Å²) in [6.45, 7) is 10.2. The van der Waals surface area contributed by atoms with E-state index in [4.69, 9.17) is 9.47 Å². The first-order valence-electron chi connectivity index (χ1n) is 6.22. The summed E-state index contributed by atoms with van der Waals surface area (Å²) in [6.07, 6.45) is 7.98. The smallest absolute Gasteiger partial charge is 0.119 e. The number of hydrogen-bond donors (Lipinski definition) is 0. The van der Waals surface area contributed by atoms with Crippen LogP contribution in [0.5, 0.6) is 0 Å². The van der Waals surface area contributed by atoms with Crippen LogP contribution in [-0.2, 0) is 9.47 Å². The summed E-state index contributed by atoms with van der Waals surface area (Å²) < 4.78 is 11.9. The molecule has 0 amide bonds.